The van der Waals surface area contributed by atoms with E-state index in [1.807, 2.05) is 13.2 Å². The lowest BCUT2D eigenvalue weighted by atomic mass is 10.4. The van der Waals surface area contributed by atoms with Crippen molar-refractivity contribution in [3.63, 3.8) is 0 Å². The van der Waals surface area contributed by atoms with Gasteiger partial charge in [-0.05, 0) is 13.2 Å². The van der Waals surface area contributed by atoms with Crippen molar-refractivity contribution >= 4 is 17.0 Å². The molecule has 0 aliphatic carbocycles. The Kier molecular flexibility index (Phi) is 1.78. The molecule has 0 aromatic heterocycles. The van der Waals surface area contributed by atoms with E-state index in [9.17, 15) is 0 Å². The molecule has 0 aromatic rings. The third kappa shape index (κ3) is 1.15. The Balaban J connectivity index is 2.37. The maximum absolute atomic E-state index is 5.22. The van der Waals surface area contributed by atoms with E-state index in [1.54, 1.807) is 11.8 Å². The van der Waals surface area contributed by atoms with Crippen molar-refractivity contribution in [3.8, 4) is 0 Å². The fourth-order valence-corrected chi connectivity index (χ4v) is 1.03. The highest BCUT2D eigenvalue weighted by molar-refractivity contribution is 8.12. The summed E-state index contributed by atoms with van der Waals surface area (Å²) in [6, 6.07) is 0. The summed E-state index contributed by atoms with van der Waals surface area (Å²) in [5, 5.41) is 0.831. The smallest absolute Gasteiger partial charge is 0.245 e. The van der Waals surface area contributed by atoms with Crippen LogP contribution < -0.4 is 0 Å². The zero-order chi connectivity index (χ0) is 5.98. The van der Waals surface area contributed by atoms with Gasteiger partial charge in [-0.15, -0.1) is 0 Å². The molecule has 46 valence electrons. The van der Waals surface area contributed by atoms with Gasteiger partial charge in [0, 0.05) is 0 Å². The maximum atomic E-state index is 5.22. The highest BCUT2D eigenvalue weighted by atomic mass is 32.2. The van der Waals surface area contributed by atoms with Crippen LogP contribution in [0.15, 0.2) is 4.99 Å². The van der Waals surface area contributed by atoms with E-state index in [-0.39, 0.29) is 0 Å². The monoisotopic (exact) mass is 131 g/mol. The highest BCUT2D eigenvalue weighted by Crippen LogP contribution is 2.10. The van der Waals surface area contributed by atoms with Gasteiger partial charge in [-0.3, -0.25) is 0 Å². The van der Waals surface area contributed by atoms with Crippen molar-refractivity contribution in [2.75, 3.05) is 12.8 Å². The zero-order valence-electron chi connectivity index (χ0n) is 5.05. The van der Waals surface area contributed by atoms with E-state index in [2.05, 4.69) is 4.99 Å². The number of hydrogen-bond donors (Lipinski definition) is 0. The number of ether oxygens (including phenoxy) is 1. The third-order valence-corrected chi connectivity index (χ3v) is 1.53. The predicted octanol–water partition coefficient (Wildman–Crippen LogP) is 1.12. The molecule has 1 rings (SSSR count). The molecule has 0 saturated carbocycles. The summed E-state index contributed by atoms with van der Waals surface area (Å²) in [6.07, 6.45) is 2.27. The Morgan fingerprint density at radius 3 is 2.88 bits per heavy atom. The molecular weight excluding hydrogens is 122 g/mol. The van der Waals surface area contributed by atoms with Gasteiger partial charge in [-0.1, -0.05) is 11.8 Å². The summed E-state index contributed by atoms with van der Waals surface area (Å²) in [7, 11) is 0. The molecule has 1 atom stereocenters. The second kappa shape index (κ2) is 2.40. The van der Waals surface area contributed by atoms with Gasteiger partial charge >= 0.3 is 0 Å². The van der Waals surface area contributed by atoms with E-state index < -0.39 is 0 Å². The minimum absolute atomic E-state index is 0.303. The lowest BCUT2D eigenvalue weighted by Crippen LogP contribution is -2.04. The largest absolute Gasteiger partial charge is 0.468 e. The van der Waals surface area contributed by atoms with E-state index in [4.69, 9.17) is 4.74 Å². The van der Waals surface area contributed by atoms with Crippen LogP contribution in [0.4, 0.5) is 0 Å². The van der Waals surface area contributed by atoms with Crippen LogP contribution in [-0.2, 0) is 4.74 Å². The fraction of sp³-hybridized carbons (Fsp3) is 0.800. The Labute approximate surface area is 53.3 Å². The van der Waals surface area contributed by atoms with Gasteiger partial charge in [0.15, 0.2) is 0 Å². The summed E-state index contributed by atoms with van der Waals surface area (Å²) in [5.74, 6) is 0. The van der Waals surface area contributed by atoms with Gasteiger partial charge in [-0.2, -0.15) is 0 Å². The first-order chi connectivity index (χ1) is 3.83. The first-order valence-corrected chi connectivity index (χ1v) is 3.80. The van der Waals surface area contributed by atoms with E-state index in [0.717, 1.165) is 11.8 Å². The molecule has 0 unspecified atom stereocenters. The molecule has 0 fully saturated rings. The van der Waals surface area contributed by atoms with Crippen molar-refractivity contribution in [1.29, 1.82) is 0 Å². The second-order valence-corrected chi connectivity index (χ2v) is 2.50. The molecule has 1 aliphatic heterocycles. The predicted molar refractivity (Wildman–Crippen MR) is 36.4 cm³/mol. The Morgan fingerprint density at radius 2 is 2.62 bits per heavy atom. The van der Waals surface area contributed by atoms with E-state index >= 15 is 0 Å². The van der Waals surface area contributed by atoms with Crippen molar-refractivity contribution < 1.29 is 4.74 Å². The van der Waals surface area contributed by atoms with Crippen molar-refractivity contribution in [2.45, 2.75) is 13.0 Å². The van der Waals surface area contributed by atoms with Gasteiger partial charge in [0.25, 0.3) is 0 Å². The quantitative estimate of drug-likeness (QED) is 0.491. The summed E-state index contributed by atoms with van der Waals surface area (Å²) in [4.78, 5) is 4.09. The molecule has 1 aliphatic rings. The van der Waals surface area contributed by atoms with Crippen LogP contribution in [0, 0.1) is 0 Å². The molecule has 8 heavy (non-hydrogen) atoms. The number of thioether (sulfide) groups is 1. The third-order valence-electron chi connectivity index (χ3n) is 0.954. The first kappa shape index (κ1) is 5.95. The fourth-order valence-electron chi connectivity index (χ4n) is 0.562. The van der Waals surface area contributed by atoms with Crippen molar-refractivity contribution in [2.24, 2.45) is 4.99 Å². The molecule has 0 spiro atoms. The lowest BCUT2D eigenvalue weighted by Gasteiger charge is -2.00. The molecule has 0 amide bonds. The highest BCUT2D eigenvalue weighted by Gasteiger charge is 2.12. The van der Waals surface area contributed by atoms with Gasteiger partial charge in [0.1, 0.15) is 6.10 Å². The van der Waals surface area contributed by atoms with Gasteiger partial charge < -0.3 is 4.74 Å². The average molecular weight is 131 g/mol. The van der Waals surface area contributed by atoms with Crippen LogP contribution in [0.3, 0.4) is 0 Å². The van der Waals surface area contributed by atoms with Crippen LogP contribution in [0.1, 0.15) is 6.92 Å². The Bertz CT molecular complexity index is 113. The molecule has 0 N–H and O–H groups in total. The molecule has 0 saturated heterocycles. The van der Waals surface area contributed by atoms with Crippen LogP contribution in [-0.4, -0.2) is 24.1 Å². The molecule has 3 heteroatoms. The molecular formula is C5H9NOS. The molecule has 0 aromatic carbocycles. The van der Waals surface area contributed by atoms with Crippen LogP contribution in [0.25, 0.3) is 0 Å². The SMILES string of the molecule is CSC1=NC[C@H](C)O1. The van der Waals surface area contributed by atoms with Gasteiger partial charge in [-0.25, -0.2) is 4.99 Å². The van der Waals surface area contributed by atoms with Gasteiger partial charge in [0.2, 0.25) is 5.23 Å². The second-order valence-electron chi connectivity index (χ2n) is 1.74. The first-order valence-electron chi connectivity index (χ1n) is 2.58. The van der Waals surface area contributed by atoms with E-state index in [0.29, 0.717) is 6.10 Å². The Morgan fingerprint density at radius 1 is 1.88 bits per heavy atom. The number of rotatable bonds is 0. The lowest BCUT2D eigenvalue weighted by molar-refractivity contribution is 0.252. The standard InChI is InChI=1S/C5H9NOS/c1-4-3-6-5(7-4)8-2/h4H,3H2,1-2H3/t4-/m0/s1. The molecule has 1 heterocycles. The average Bonchev–Trinajstić information content (AvgIpc) is 2.14. The number of nitrogens with zero attached hydrogens (tertiary/aromatic N) is 1. The summed E-state index contributed by atoms with van der Waals surface area (Å²) in [5.41, 5.74) is 0. The number of aliphatic imine (C=N–C) groups is 1. The summed E-state index contributed by atoms with van der Waals surface area (Å²) < 4.78 is 5.22. The van der Waals surface area contributed by atoms with Crippen LogP contribution in [0.5, 0.6) is 0 Å². The normalized spacial score (nSPS) is 27.2. The topological polar surface area (TPSA) is 21.6 Å². The number of hydrogen-bond acceptors (Lipinski definition) is 3. The molecule has 2 nitrogen and oxygen atoms in total. The zero-order valence-corrected chi connectivity index (χ0v) is 5.86. The summed E-state index contributed by atoms with van der Waals surface area (Å²) in [6.45, 7) is 2.85. The van der Waals surface area contributed by atoms with Gasteiger partial charge in [0.05, 0.1) is 6.54 Å². The minimum Gasteiger partial charge on any atom is -0.468 e. The maximum Gasteiger partial charge on any atom is 0.245 e. The molecule has 0 bridgehead atoms. The van der Waals surface area contributed by atoms with Crippen LogP contribution >= 0.6 is 11.8 Å². The van der Waals surface area contributed by atoms with Crippen LogP contribution in [0.2, 0.25) is 0 Å². The molecule has 0 radical (unpaired) electrons. The summed E-state index contributed by atoms with van der Waals surface area (Å²) >= 11 is 1.56. The van der Waals surface area contributed by atoms with Crippen molar-refractivity contribution in [1.82, 2.24) is 0 Å². The Hall–Kier alpha value is -0.180. The van der Waals surface area contributed by atoms with E-state index in [1.165, 1.54) is 0 Å². The minimum atomic E-state index is 0.303. The van der Waals surface area contributed by atoms with Crippen molar-refractivity contribution in [3.05, 3.63) is 0 Å².